The molecule has 2 fully saturated rings. The number of pyridine rings is 1. The van der Waals surface area contributed by atoms with E-state index in [1.54, 1.807) is 18.0 Å². The second-order valence-electron chi connectivity index (χ2n) is 6.74. The van der Waals surface area contributed by atoms with Gasteiger partial charge >= 0.3 is 0 Å². The predicted molar refractivity (Wildman–Crippen MR) is 93.1 cm³/mol. The number of amides is 1. The maximum absolute atomic E-state index is 12.9. The molecule has 26 heavy (non-hydrogen) atoms. The largest absolute Gasteiger partial charge is 0.376 e. The van der Waals surface area contributed by atoms with Gasteiger partial charge in [-0.2, -0.15) is 0 Å². The summed E-state index contributed by atoms with van der Waals surface area (Å²) in [5.41, 5.74) is 0.964. The van der Waals surface area contributed by atoms with Crippen LogP contribution in [0.1, 0.15) is 16.1 Å². The van der Waals surface area contributed by atoms with E-state index in [-0.39, 0.29) is 5.91 Å². The highest BCUT2D eigenvalue weighted by Crippen LogP contribution is 2.26. The first-order valence-corrected chi connectivity index (χ1v) is 8.74. The molecule has 8 nitrogen and oxygen atoms in total. The Labute approximate surface area is 151 Å². The van der Waals surface area contributed by atoms with E-state index in [1.807, 2.05) is 18.3 Å². The van der Waals surface area contributed by atoms with Crippen LogP contribution in [0.4, 0.5) is 5.69 Å². The van der Waals surface area contributed by atoms with Crippen LogP contribution in [0.2, 0.25) is 0 Å². The van der Waals surface area contributed by atoms with Crippen LogP contribution >= 0.6 is 0 Å². The van der Waals surface area contributed by atoms with E-state index in [1.165, 1.54) is 6.20 Å². The first-order valence-electron chi connectivity index (χ1n) is 8.74. The van der Waals surface area contributed by atoms with Gasteiger partial charge in [0.1, 0.15) is 16.9 Å². The van der Waals surface area contributed by atoms with Crippen LogP contribution in [0.5, 0.6) is 0 Å². The molecule has 2 aliphatic rings. The average molecular weight is 358 g/mol. The molecular formula is C18H22N4O4. The zero-order valence-electron chi connectivity index (χ0n) is 14.8. The minimum atomic E-state index is -0.564. The highest BCUT2D eigenvalue weighted by molar-refractivity contribution is 5.94. The summed E-state index contributed by atoms with van der Waals surface area (Å²) in [5, 5.41) is 3.71. The Morgan fingerprint density at radius 2 is 2.15 bits per heavy atom. The number of ether oxygens (including phenoxy) is 2. The van der Waals surface area contributed by atoms with Crippen molar-refractivity contribution in [3.05, 3.63) is 42.0 Å². The second-order valence-corrected chi connectivity index (χ2v) is 6.74. The van der Waals surface area contributed by atoms with Crippen LogP contribution in [-0.4, -0.2) is 72.5 Å². The fourth-order valence-corrected chi connectivity index (χ4v) is 3.54. The quantitative estimate of drug-likeness (QED) is 0.796. The molecule has 2 aliphatic heterocycles. The number of hydrogen-bond acceptors (Lipinski definition) is 7. The van der Waals surface area contributed by atoms with Crippen molar-refractivity contribution >= 4 is 11.6 Å². The van der Waals surface area contributed by atoms with E-state index in [2.05, 4.69) is 15.0 Å². The minimum absolute atomic E-state index is 0.0800. The number of anilines is 1. The maximum atomic E-state index is 12.9. The number of carbonyl (C=O) groups excluding carboxylic acids is 1. The molecule has 138 valence electrons. The van der Waals surface area contributed by atoms with E-state index in [0.717, 1.165) is 12.2 Å². The molecule has 0 N–H and O–H groups in total. The molecule has 0 aromatic carbocycles. The van der Waals surface area contributed by atoms with Gasteiger partial charge in [0.2, 0.25) is 0 Å². The lowest BCUT2D eigenvalue weighted by Gasteiger charge is -2.43. The molecule has 0 radical (unpaired) electrons. The van der Waals surface area contributed by atoms with Crippen molar-refractivity contribution in [1.82, 2.24) is 15.0 Å². The van der Waals surface area contributed by atoms with Crippen molar-refractivity contribution in [1.29, 1.82) is 0 Å². The molecule has 1 spiro atoms. The first-order chi connectivity index (χ1) is 12.7. The van der Waals surface area contributed by atoms with Gasteiger partial charge in [0.15, 0.2) is 0 Å². The van der Waals surface area contributed by atoms with Gasteiger partial charge < -0.3 is 23.8 Å². The molecule has 1 amide bonds. The van der Waals surface area contributed by atoms with Crippen molar-refractivity contribution in [3.63, 3.8) is 0 Å². The Kier molecular flexibility index (Phi) is 4.60. The number of aromatic nitrogens is 2. The summed E-state index contributed by atoms with van der Waals surface area (Å²) in [5.74, 6) is 0.452. The van der Waals surface area contributed by atoms with E-state index in [0.29, 0.717) is 50.8 Å². The molecule has 0 saturated carbocycles. The maximum Gasteiger partial charge on any atom is 0.259 e. The van der Waals surface area contributed by atoms with E-state index >= 15 is 0 Å². The van der Waals surface area contributed by atoms with Gasteiger partial charge in [-0.05, 0) is 19.1 Å². The van der Waals surface area contributed by atoms with Gasteiger partial charge in [-0.15, -0.1) is 0 Å². The van der Waals surface area contributed by atoms with Crippen LogP contribution in [0.3, 0.4) is 0 Å². The normalized spacial score (nSPS) is 23.9. The zero-order valence-corrected chi connectivity index (χ0v) is 14.8. The van der Waals surface area contributed by atoms with Gasteiger partial charge in [-0.25, -0.2) is 0 Å². The van der Waals surface area contributed by atoms with Gasteiger partial charge in [-0.3, -0.25) is 9.78 Å². The summed E-state index contributed by atoms with van der Waals surface area (Å²) in [7, 11) is 0. The van der Waals surface area contributed by atoms with Crippen molar-refractivity contribution in [2.75, 3.05) is 50.9 Å². The lowest BCUT2D eigenvalue weighted by atomic mass is 10.0. The molecule has 2 saturated heterocycles. The third kappa shape index (κ3) is 3.30. The Morgan fingerprint density at radius 3 is 2.92 bits per heavy atom. The number of aryl methyl sites for hydroxylation is 1. The second kappa shape index (κ2) is 7.05. The molecule has 0 bridgehead atoms. The third-order valence-corrected chi connectivity index (χ3v) is 4.88. The van der Waals surface area contributed by atoms with Crippen molar-refractivity contribution in [3.8, 4) is 0 Å². The number of rotatable bonds is 2. The van der Waals surface area contributed by atoms with E-state index < -0.39 is 5.60 Å². The molecule has 4 heterocycles. The average Bonchev–Trinajstić information content (AvgIpc) is 3.00. The molecule has 2 aromatic rings. The summed E-state index contributed by atoms with van der Waals surface area (Å²) in [4.78, 5) is 21.1. The van der Waals surface area contributed by atoms with Gasteiger partial charge in [0.25, 0.3) is 5.91 Å². The number of nitrogens with zero attached hydrogens (tertiary/aromatic N) is 4. The van der Waals surface area contributed by atoms with Crippen LogP contribution < -0.4 is 4.90 Å². The summed E-state index contributed by atoms with van der Waals surface area (Å²) < 4.78 is 17.0. The predicted octanol–water partition coefficient (Wildman–Crippen LogP) is 1.13. The fraction of sp³-hybridized carbons (Fsp3) is 0.500. The van der Waals surface area contributed by atoms with Crippen LogP contribution in [-0.2, 0) is 9.47 Å². The SMILES string of the molecule is Cc1oncc1C(=O)N1CCO[C@@]2(COCCN(c3cccnc3)C2)C1. The van der Waals surface area contributed by atoms with Gasteiger partial charge in [-0.1, -0.05) is 5.16 Å². The standard InChI is InChI=1S/C18H22N4O4/c1-14-16(10-20-26-14)17(23)22-6-8-25-18(12-22)11-21(5-7-24-13-18)15-3-2-4-19-9-15/h2-4,9-10H,5-8,11-13H2,1H3/t18-/m1/s1. The topological polar surface area (TPSA) is 80.9 Å². The highest BCUT2D eigenvalue weighted by Gasteiger charge is 2.42. The summed E-state index contributed by atoms with van der Waals surface area (Å²) >= 11 is 0. The number of hydrogen-bond donors (Lipinski definition) is 0. The summed E-state index contributed by atoms with van der Waals surface area (Å²) in [6.07, 6.45) is 5.07. The Balaban J connectivity index is 1.54. The van der Waals surface area contributed by atoms with Crippen LogP contribution in [0.15, 0.2) is 35.2 Å². The minimum Gasteiger partial charge on any atom is -0.376 e. The third-order valence-electron chi connectivity index (χ3n) is 4.88. The Hall–Kier alpha value is -2.45. The molecule has 0 aliphatic carbocycles. The van der Waals surface area contributed by atoms with Gasteiger partial charge in [0, 0.05) is 19.3 Å². The van der Waals surface area contributed by atoms with Crippen molar-refractivity contribution < 1.29 is 18.8 Å². The first kappa shape index (κ1) is 17.0. The molecule has 0 unspecified atom stereocenters. The van der Waals surface area contributed by atoms with Gasteiger partial charge in [0.05, 0.1) is 51.0 Å². The lowest BCUT2D eigenvalue weighted by molar-refractivity contribution is -0.124. The highest BCUT2D eigenvalue weighted by atomic mass is 16.5. The lowest BCUT2D eigenvalue weighted by Crippen LogP contribution is -2.60. The molecule has 2 aromatic heterocycles. The smallest absolute Gasteiger partial charge is 0.259 e. The van der Waals surface area contributed by atoms with E-state index in [9.17, 15) is 4.79 Å². The Morgan fingerprint density at radius 1 is 1.23 bits per heavy atom. The summed E-state index contributed by atoms with van der Waals surface area (Å²) in [6.45, 7) is 5.69. The number of morpholine rings is 1. The fourth-order valence-electron chi connectivity index (χ4n) is 3.54. The number of carbonyl (C=O) groups is 1. The van der Waals surface area contributed by atoms with Crippen molar-refractivity contribution in [2.24, 2.45) is 0 Å². The van der Waals surface area contributed by atoms with Crippen molar-refractivity contribution in [2.45, 2.75) is 12.5 Å². The monoisotopic (exact) mass is 358 g/mol. The van der Waals surface area contributed by atoms with Crippen LogP contribution in [0.25, 0.3) is 0 Å². The van der Waals surface area contributed by atoms with E-state index in [4.69, 9.17) is 14.0 Å². The molecular weight excluding hydrogens is 336 g/mol. The van der Waals surface area contributed by atoms with Crippen LogP contribution in [0, 0.1) is 6.92 Å². The zero-order chi connectivity index (χ0) is 18.0. The molecule has 1 atom stereocenters. The Bertz CT molecular complexity index is 766. The molecule has 8 heteroatoms. The molecule has 4 rings (SSSR count). The summed E-state index contributed by atoms with van der Waals surface area (Å²) in [6, 6.07) is 3.94.